The van der Waals surface area contributed by atoms with Gasteiger partial charge in [-0.3, -0.25) is 4.79 Å². The number of methoxy groups -OCH3 is 1. The molecule has 0 radical (unpaired) electrons. The topological polar surface area (TPSA) is 64.3 Å². The van der Waals surface area contributed by atoms with Crippen LogP contribution in [0.2, 0.25) is 0 Å². The van der Waals surface area contributed by atoms with E-state index >= 15 is 0 Å². The third-order valence-electron chi connectivity index (χ3n) is 2.82. The molecule has 0 spiro atoms. The van der Waals surface area contributed by atoms with Gasteiger partial charge in [-0.1, -0.05) is 6.42 Å². The van der Waals surface area contributed by atoms with Gasteiger partial charge in [-0.15, -0.1) is 0 Å². The smallest absolute Gasteiger partial charge is 0.224 e. The van der Waals surface area contributed by atoms with Gasteiger partial charge in [0.1, 0.15) is 5.75 Å². The van der Waals surface area contributed by atoms with Crippen LogP contribution >= 0.6 is 0 Å². The van der Waals surface area contributed by atoms with E-state index in [0.717, 1.165) is 36.3 Å². The number of amides is 1. The second-order valence-corrected chi connectivity index (χ2v) is 4.33. The molecule has 1 aromatic carbocycles. The summed E-state index contributed by atoms with van der Waals surface area (Å²) in [6.45, 7) is 2.64. The van der Waals surface area contributed by atoms with E-state index in [1.165, 1.54) is 0 Å². The summed E-state index contributed by atoms with van der Waals surface area (Å²) in [6.07, 6.45) is 3.42. The molecule has 0 heterocycles. The molecule has 4 nitrogen and oxygen atoms in total. The second-order valence-electron chi connectivity index (χ2n) is 4.33. The first kappa shape index (κ1) is 14.5. The zero-order valence-corrected chi connectivity index (χ0v) is 11.2. The van der Waals surface area contributed by atoms with Crippen molar-refractivity contribution in [1.82, 2.24) is 0 Å². The largest absolute Gasteiger partial charge is 0.497 e. The number of anilines is 1. The maximum atomic E-state index is 11.7. The highest BCUT2D eigenvalue weighted by Gasteiger charge is 2.05. The van der Waals surface area contributed by atoms with Crippen molar-refractivity contribution in [3.8, 4) is 5.75 Å². The van der Waals surface area contributed by atoms with Crippen molar-refractivity contribution >= 4 is 11.6 Å². The molecule has 3 N–H and O–H groups in total. The molecule has 0 aliphatic carbocycles. The number of carbonyl (C=O) groups is 1. The number of nitrogens with two attached hydrogens (primary N) is 1. The average molecular weight is 250 g/mol. The summed E-state index contributed by atoms with van der Waals surface area (Å²) in [5.74, 6) is 0.855. The lowest BCUT2D eigenvalue weighted by Gasteiger charge is -2.09. The SMILES string of the molecule is COc1ccc(NC(=O)CCCCCN)c(C)c1. The van der Waals surface area contributed by atoms with Gasteiger partial charge < -0.3 is 15.8 Å². The molecular formula is C14H22N2O2. The Balaban J connectivity index is 2.44. The number of carbonyl (C=O) groups excluding carboxylic acids is 1. The van der Waals surface area contributed by atoms with Gasteiger partial charge in [-0.2, -0.15) is 0 Å². The van der Waals surface area contributed by atoms with Crippen LogP contribution < -0.4 is 15.8 Å². The molecule has 0 bridgehead atoms. The van der Waals surface area contributed by atoms with Crippen LogP contribution in [-0.2, 0) is 4.79 Å². The van der Waals surface area contributed by atoms with E-state index in [1.807, 2.05) is 25.1 Å². The maximum Gasteiger partial charge on any atom is 0.224 e. The van der Waals surface area contributed by atoms with Crippen molar-refractivity contribution in [3.63, 3.8) is 0 Å². The molecule has 1 amide bonds. The van der Waals surface area contributed by atoms with Gasteiger partial charge in [-0.25, -0.2) is 0 Å². The summed E-state index contributed by atoms with van der Waals surface area (Å²) in [7, 11) is 1.63. The molecule has 18 heavy (non-hydrogen) atoms. The molecule has 0 saturated carbocycles. The monoisotopic (exact) mass is 250 g/mol. The number of benzene rings is 1. The molecule has 4 heteroatoms. The highest BCUT2D eigenvalue weighted by atomic mass is 16.5. The van der Waals surface area contributed by atoms with Gasteiger partial charge in [0, 0.05) is 12.1 Å². The third-order valence-corrected chi connectivity index (χ3v) is 2.82. The van der Waals surface area contributed by atoms with Crippen LogP contribution in [0.5, 0.6) is 5.75 Å². The van der Waals surface area contributed by atoms with Gasteiger partial charge in [0.25, 0.3) is 0 Å². The van der Waals surface area contributed by atoms with E-state index in [1.54, 1.807) is 7.11 Å². The molecule has 0 saturated heterocycles. The molecule has 0 aliphatic rings. The Bertz CT molecular complexity index is 391. The van der Waals surface area contributed by atoms with Crippen LogP contribution in [0.4, 0.5) is 5.69 Å². The van der Waals surface area contributed by atoms with E-state index in [0.29, 0.717) is 13.0 Å². The van der Waals surface area contributed by atoms with E-state index < -0.39 is 0 Å². The van der Waals surface area contributed by atoms with Crippen LogP contribution in [0.15, 0.2) is 18.2 Å². The standard InChI is InChI=1S/C14H22N2O2/c1-11-10-12(18-2)7-8-13(11)16-14(17)6-4-3-5-9-15/h7-8,10H,3-6,9,15H2,1-2H3,(H,16,17). The Kier molecular flexibility index (Phi) is 6.22. The molecule has 1 aromatic rings. The lowest BCUT2D eigenvalue weighted by molar-refractivity contribution is -0.116. The van der Waals surface area contributed by atoms with Gasteiger partial charge >= 0.3 is 0 Å². The predicted molar refractivity (Wildman–Crippen MR) is 73.9 cm³/mol. The normalized spacial score (nSPS) is 10.2. The Labute approximate surface area is 109 Å². The van der Waals surface area contributed by atoms with Gasteiger partial charge in [-0.05, 0) is 50.1 Å². The molecule has 0 unspecified atom stereocenters. The molecule has 0 fully saturated rings. The minimum Gasteiger partial charge on any atom is -0.497 e. The zero-order chi connectivity index (χ0) is 13.4. The predicted octanol–water partition coefficient (Wildman–Crippen LogP) is 2.46. The number of nitrogens with one attached hydrogen (secondary N) is 1. The summed E-state index contributed by atoms with van der Waals surface area (Å²) >= 11 is 0. The van der Waals surface area contributed by atoms with Crippen molar-refractivity contribution in [2.24, 2.45) is 5.73 Å². The first-order chi connectivity index (χ1) is 8.67. The Morgan fingerprint density at radius 1 is 1.33 bits per heavy atom. The lowest BCUT2D eigenvalue weighted by Crippen LogP contribution is -2.12. The van der Waals surface area contributed by atoms with Crippen LogP contribution in [0.25, 0.3) is 0 Å². The van der Waals surface area contributed by atoms with E-state index in [-0.39, 0.29) is 5.91 Å². The molecule has 100 valence electrons. The second kappa shape index (κ2) is 7.71. The quantitative estimate of drug-likeness (QED) is 0.731. The third kappa shape index (κ3) is 4.75. The fourth-order valence-electron chi connectivity index (χ4n) is 1.72. The summed E-state index contributed by atoms with van der Waals surface area (Å²) < 4.78 is 5.12. The van der Waals surface area contributed by atoms with Crippen molar-refractivity contribution in [2.45, 2.75) is 32.6 Å². The van der Waals surface area contributed by atoms with Crippen molar-refractivity contribution in [1.29, 1.82) is 0 Å². The van der Waals surface area contributed by atoms with Crippen LogP contribution in [0, 0.1) is 6.92 Å². The van der Waals surface area contributed by atoms with Crippen molar-refractivity contribution < 1.29 is 9.53 Å². The van der Waals surface area contributed by atoms with Crippen LogP contribution in [0.3, 0.4) is 0 Å². The molecule has 0 aliphatic heterocycles. The molecular weight excluding hydrogens is 228 g/mol. The van der Waals surface area contributed by atoms with Crippen LogP contribution in [0.1, 0.15) is 31.2 Å². The Morgan fingerprint density at radius 2 is 2.11 bits per heavy atom. The summed E-state index contributed by atoms with van der Waals surface area (Å²) in [5, 5.41) is 2.91. The fraction of sp³-hybridized carbons (Fsp3) is 0.500. The summed E-state index contributed by atoms with van der Waals surface area (Å²) in [6, 6.07) is 5.62. The summed E-state index contributed by atoms with van der Waals surface area (Å²) in [4.78, 5) is 11.7. The Hall–Kier alpha value is -1.55. The molecule has 0 atom stereocenters. The highest BCUT2D eigenvalue weighted by Crippen LogP contribution is 2.21. The average Bonchev–Trinajstić information content (AvgIpc) is 2.37. The van der Waals surface area contributed by atoms with Crippen LogP contribution in [-0.4, -0.2) is 19.6 Å². The van der Waals surface area contributed by atoms with Gasteiger partial charge in [0.15, 0.2) is 0 Å². The minimum absolute atomic E-state index is 0.0558. The van der Waals surface area contributed by atoms with Crippen molar-refractivity contribution in [2.75, 3.05) is 19.0 Å². The first-order valence-corrected chi connectivity index (χ1v) is 6.32. The number of unbranched alkanes of at least 4 members (excludes halogenated alkanes) is 2. The number of aryl methyl sites for hydroxylation is 1. The van der Waals surface area contributed by atoms with Gasteiger partial charge in [0.2, 0.25) is 5.91 Å². The number of rotatable bonds is 7. The Morgan fingerprint density at radius 3 is 2.72 bits per heavy atom. The zero-order valence-electron chi connectivity index (χ0n) is 11.2. The van der Waals surface area contributed by atoms with E-state index in [9.17, 15) is 4.79 Å². The number of ether oxygens (including phenoxy) is 1. The highest BCUT2D eigenvalue weighted by molar-refractivity contribution is 5.91. The van der Waals surface area contributed by atoms with Gasteiger partial charge in [0.05, 0.1) is 7.11 Å². The van der Waals surface area contributed by atoms with Crippen molar-refractivity contribution in [3.05, 3.63) is 23.8 Å². The number of hydrogen-bond acceptors (Lipinski definition) is 3. The summed E-state index contributed by atoms with van der Waals surface area (Å²) in [5.41, 5.74) is 7.25. The fourth-order valence-corrected chi connectivity index (χ4v) is 1.72. The molecule has 0 aromatic heterocycles. The van der Waals surface area contributed by atoms with E-state index in [4.69, 9.17) is 10.5 Å². The van der Waals surface area contributed by atoms with E-state index in [2.05, 4.69) is 5.32 Å². The maximum absolute atomic E-state index is 11.7. The molecule has 1 rings (SSSR count). The lowest BCUT2D eigenvalue weighted by atomic mass is 10.1. The number of hydrogen-bond donors (Lipinski definition) is 2. The minimum atomic E-state index is 0.0558. The first-order valence-electron chi connectivity index (χ1n) is 6.32.